The second kappa shape index (κ2) is 6.78. The van der Waals surface area contributed by atoms with Crippen LogP contribution in [0.5, 0.6) is 0 Å². The third kappa shape index (κ3) is 3.05. The van der Waals surface area contributed by atoms with Gasteiger partial charge in [-0.15, -0.1) is 11.3 Å². The first kappa shape index (κ1) is 16.6. The predicted octanol–water partition coefficient (Wildman–Crippen LogP) is 1.03. The van der Waals surface area contributed by atoms with Crippen molar-refractivity contribution in [1.29, 1.82) is 0 Å². The SMILES string of the molecule is COCC1CN(C2=c3ncccc3=CNc3sc(C)cc32)CCN1C. The summed E-state index contributed by atoms with van der Waals surface area (Å²) in [4.78, 5) is 10.9. The van der Waals surface area contributed by atoms with Crippen molar-refractivity contribution >= 4 is 28.2 Å². The molecule has 1 unspecified atom stereocenters. The number of anilines is 1. The summed E-state index contributed by atoms with van der Waals surface area (Å²) in [6.07, 6.45) is 3.96. The number of hydrogen-bond donors (Lipinski definition) is 1. The van der Waals surface area contributed by atoms with Gasteiger partial charge < -0.3 is 15.0 Å². The Morgan fingerprint density at radius 1 is 1.40 bits per heavy atom. The Kier molecular flexibility index (Phi) is 4.50. The number of likely N-dealkylation sites (N-methyl/N-ethyl adjacent to an activating group) is 1. The van der Waals surface area contributed by atoms with Gasteiger partial charge in [-0.3, -0.25) is 9.88 Å². The molecule has 2 aliphatic rings. The molecule has 2 aliphatic heterocycles. The van der Waals surface area contributed by atoms with Gasteiger partial charge in [-0.25, -0.2) is 0 Å². The molecule has 0 spiro atoms. The summed E-state index contributed by atoms with van der Waals surface area (Å²) in [7, 11) is 3.96. The van der Waals surface area contributed by atoms with Crippen LogP contribution in [0.15, 0.2) is 24.4 Å². The Balaban J connectivity index is 1.86. The lowest BCUT2D eigenvalue weighted by molar-refractivity contribution is 0.0605. The lowest BCUT2D eigenvalue weighted by Crippen LogP contribution is -2.53. The number of fused-ring (bicyclic) bond motifs is 2. The lowest BCUT2D eigenvalue weighted by Gasteiger charge is -2.41. The molecule has 132 valence electrons. The normalized spacial score (nSPS) is 20.4. The van der Waals surface area contributed by atoms with Crippen LogP contribution in [0.3, 0.4) is 0 Å². The van der Waals surface area contributed by atoms with E-state index in [0.29, 0.717) is 6.04 Å². The summed E-state index contributed by atoms with van der Waals surface area (Å²) >= 11 is 1.80. The highest BCUT2D eigenvalue weighted by Gasteiger charge is 2.28. The van der Waals surface area contributed by atoms with Gasteiger partial charge in [0, 0.05) is 54.8 Å². The first-order chi connectivity index (χ1) is 12.2. The number of piperazine rings is 1. The van der Waals surface area contributed by atoms with E-state index in [2.05, 4.69) is 47.4 Å². The molecule has 6 heteroatoms. The summed E-state index contributed by atoms with van der Waals surface area (Å²) in [5.41, 5.74) is 2.50. The van der Waals surface area contributed by atoms with Crippen LogP contribution < -0.4 is 15.9 Å². The van der Waals surface area contributed by atoms with Crippen LogP contribution in [0, 0.1) is 6.92 Å². The molecular formula is C19H24N4OS. The number of aryl methyl sites for hydroxylation is 1. The van der Waals surface area contributed by atoms with E-state index < -0.39 is 0 Å². The number of rotatable bonds is 3. The summed E-state index contributed by atoms with van der Waals surface area (Å²) in [6.45, 7) is 5.88. The molecule has 4 rings (SSSR count). The first-order valence-electron chi connectivity index (χ1n) is 8.64. The van der Waals surface area contributed by atoms with Crippen LogP contribution in [0.1, 0.15) is 10.4 Å². The number of nitrogens with one attached hydrogen (secondary N) is 1. The smallest absolute Gasteiger partial charge is 0.102 e. The van der Waals surface area contributed by atoms with Crippen LogP contribution >= 0.6 is 11.3 Å². The molecule has 1 atom stereocenters. The molecular weight excluding hydrogens is 332 g/mol. The van der Waals surface area contributed by atoms with Crippen LogP contribution in [0.2, 0.25) is 0 Å². The number of thiophene rings is 1. The molecule has 2 aromatic heterocycles. The monoisotopic (exact) mass is 356 g/mol. The maximum absolute atomic E-state index is 5.45. The molecule has 0 aromatic carbocycles. The van der Waals surface area contributed by atoms with E-state index in [1.54, 1.807) is 18.4 Å². The van der Waals surface area contributed by atoms with Crippen molar-refractivity contribution in [2.45, 2.75) is 13.0 Å². The van der Waals surface area contributed by atoms with Crippen LogP contribution in [-0.4, -0.2) is 61.2 Å². The fourth-order valence-corrected chi connectivity index (χ4v) is 4.52. The zero-order valence-electron chi connectivity index (χ0n) is 15.0. The number of hydrogen-bond acceptors (Lipinski definition) is 6. The number of nitrogens with zero attached hydrogens (tertiary/aromatic N) is 3. The molecule has 1 saturated heterocycles. The zero-order valence-corrected chi connectivity index (χ0v) is 15.8. The molecule has 25 heavy (non-hydrogen) atoms. The Morgan fingerprint density at radius 3 is 3.12 bits per heavy atom. The molecule has 0 radical (unpaired) electrons. The third-order valence-electron chi connectivity index (χ3n) is 4.98. The molecule has 5 nitrogen and oxygen atoms in total. The van der Waals surface area contributed by atoms with Crippen molar-refractivity contribution < 1.29 is 4.74 Å². The van der Waals surface area contributed by atoms with Crippen molar-refractivity contribution in [2.75, 3.05) is 45.7 Å². The minimum Gasteiger partial charge on any atom is -0.383 e. The molecule has 2 aromatic rings. The van der Waals surface area contributed by atoms with Gasteiger partial charge in [-0.1, -0.05) is 0 Å². The summed E-state index contributed by atoms with van der Waals surface area (Å²) in [5, 5.41) is 6.89. The average Bonchev–Trinajstić information content (AvgIpc) is 2.90. The molecule has 0 bridgehead atoms. The van der Waals surface area contributed by atoms with E-state index in [4.69, 9.17) is 9.72 Å². The molecule has 0 amide bonds. The zero-order chi connectivity index (χ0) is 17.4. The van der Waals surface area contributed by atoms with Gasteiger partial charge >= 0.3 is 0 Å². The van der Waals surface area contributed by atoms with Crippen LogP contribution in [0.4, 0.5) is 5.00 Å². The number of aromatic nitrogens is 1. The van der Waals surface area contributed by atoms with Crippen molar-refractivity contribution in [1.82, 2.24) is 14.8 Å². The maximum Gasteiger partial charge on any atom is 0.102 e. The minimum absolute atomic E-state index is 0.391. The molecule has 0 aliphatic carbocycles. The lowest BCUT2D eigenvalue weighted by atomic mass is 10.1. The fraction of sp³-hybridized carbons (Fsp3) is 0.421. The van der Waals surface area contributed by atoms with Crippen molar-refractivity contribution in [2.24, 2.45) is 0 Å². The Hall–Kier alpha value is -1.89. The molecule has 4 heterocycles. The highest BCUT2D eigenvalue weighted by atomic mass is 32.1. The highest BCUT2D eigenvalue weighted by Crippen LogP contribution is 2.34. The minimum atomic E-state index is 0.391. The molecule has 1 N–H and O–H groups in total. The first-order valence-corrected chi connectivity index (χ1v) is 9.46. The summed E-state index contributed by atoms with van der Waals surface area (Å²) < 4.78 is 5.45. The number of pyridine rings is 1. The van der Waals surface area contributed by atoms with E-state index in [9.17, 15) is 0 Å². The van der Waals surface area contributed by atoms with Crippen LogP contribution in [0.25, 0.3) is 11.9 Å². The van der Waals surface area contributed by atoms with E-state index >= 15 is 0 Å². The largest absolute Gasteiger partial charge is 0.383 e. The highest BCUT2D eigenvalue weighted by molar-refractivity contribution is 7.16. The third-order valence-corrected chi connectivity index (χ3v) is 5.97. The van der Waals surface area contributed by atoms with E-state index in [1.807, 2.05) is 12.3 Å². The van der Waals surface area contributed by atoms with E-state index in [0.717, 1.165) is 36.8 Å². The van der Waals surface area contributed by atoms with Gasteiger partial charge in [0.1, 0.15) is 5.00 Å². The molecule has 0 saturated carbocycles. The Bertz CT molecular complexity index is 891. The van der Waals surface area contributed by atoms with E-state index in [-0.39, 0.29) is 0 Å². The summed E-state index contributed by atoms with van der Waals surface area (Å²) in [5.74, 6) is 0. The number of methoxy groups -OCH3 is 1. The van der Waals surface area contributed by atoms with E-state index in [1.165, 1.54) is 21.1 Å². The quantitative estimate of drug-likeness (QED) is 0.890. The Morgan fingerprint density at radius 2 is 2.28 bits per heavy atom. The van der Waals surface area contributed by atoms with Gasteiger partial charge in [0.2, 0.25) is 0 Å². The summed E-state index contributed by atoms with van der Waals surface area (Å²) in [6, 6.07) is 6.80. The van der Waals surface area contributed by atoms with Gasteiger partial charge in [0.25, 0.3) is 0 Å². The van der Waals surface area contributed by atoms with Gasteiger partial charge in [-0.05, 0) is 32.2 Å². The predicted molar refractivity (Wildman–Crippen MR) is 103 cm³/mol. The van der Waals surface area contributed by atoms with Crippen LogP contribution in [-0.2, 0) is 4.74 Å². The van der Waals surface area contributed by atoms with Crippen molar-refractivity contribution in [3.05, 3.63) is 45.4 Å². The van der Waals surface area contributed by atoms with Gasteiger partial charge in [-0.2, -0.15) is 0 Å². The standard InChI is InChI=1S/C19H24N4OS/c1-13-9-16-18(23-8-7-22(2)15(11-23)12-24-3)17-14(5-4-6-20-17)10-21-19(16)25-13/h4-6,9-10,15,21H,7-8,11-12H2,1-3H3. The fourth-order valence-electron chi connectivity index (χ4n) is 3.64. The second-order valence-corrected chi connectivity index (χ2v) is 7.97. The van der Waals surface area contributed by atoms with Gasteiger partial charge in [0.05, 0.1) is 23.7 Å². The maximum atomic E-state index is 5.45. The molecule has 1 fully saturated rings. The Labute approximate surface area is 152 Å². The van der Waals surface area contributed by atoms with Gasteiger partial charge in [0.15, 0.2) is 0 Å². The van der Waals surface area contributed by atoms with Crippen molar-refractivity contribution in [3.63, 3.8) is 0 Å². The number of ether oxygens (including phenoxy) is 1. The topological polar surface area (TPSA) is 40.6 Å². The van der Waals surface area contributed by atoms with Crippen molar-refractivity contribution in [3.8, 4) is 0 Å². The second-order valence-electron chi connectivity index (χ2n) is 6.71. The average molecular weight is 356 g/mol.